The average Bonchev–Trinajstić information content (AvgIpc) is 3.60. The number of hydrogen-bond donors (Lipinski definition) is 2. The maximum atomic E-state index is 13.7. The molecule has 6 rings (SSSR count). The highest BCUT2D eigenvalue weighted by Gasteiger charge is 2.25. The molecule has 0 fully saturated rings. The van der Waals surface area contributed by atoms with Crippen molar-refractivity contribution in [3.63, 3.8) is 0 Å². The van der Waals surface area contributed by atoms with E-state index in [0.717, 1.165) is 44.0 Å². The second kappa shape index (κ2) is 14.9. The third kappa shape index (κ3) is 8.13. The van der Waals surface area contributed by atoms with Crippen molar-refractivity contribution in [2.75, 3.05) is 6.26 Å². The SMILES string of the molecule is CC1=C(CC(=O)O)c2cc(F)ccc2/C1=C\c1ccc([S+](C)[O-])cc1.O=C(O)CCc1nc(-c2ccccc2)c(-c2ccccc2)o1. The van der Waals surface area contributed by atoms with Crippen molar-refractivity contribution in [1.82, 2.24) is 4.98 Å². The molecule has 1 aromatic heterocycles. The molecule has 0 aliphatic heterocycles. The van der Waals surface area contributed by atoms with E-state index in [1.165, 1.54) is 12.1 Å². The van der Waals surface area contributed by atoms with E-state index < -0.39 is 23.1 Å². The number of benzene rings is 4. The van der Waals surface area contributed by atoms with Gasteiger partial charge in [-0.15, -0.1) is 0 Å². The maximum absolute atomic E-state index is 13.7. The molecule has 0 spiro atoms. The number of carboxylic acids is 2. The van der Waals surface area contributed by atoms with Gasteiger partial charge in [0.25, 0.3) is 0 Å². The number of carbonyl (C=O) groups is 2. The van der Waals surface area contributed by atoms with Crippen LogP contribution in [0.4, 0.5) is 4.39 Å². The number of oxazole rings is 1. The molecular weight excluding hydrogens is 617 g/mol. The van der Waals surface area contributed by atoms with Crippen molar-refractivity contribution >= 4 is 40.3 Å². The molecule has 7 nitrogen and oxygen atoms in total. The quantitative estimate of drug-likeness (QED) is 0.154. The Balaban J connectivity index is 0.000000186. The van der Waals surface area contributed by atoms with E-state index in [2.05, 4.69) is 4.98 Å². The van der Waals surface area contributed by atoms with Crippen molar-refractivity contribution in [3.05, 3.63) is 137 Å². The number of rotatable bonds is 9. The molecule has 5 aromatic rings. The Labute approximate surface area is 274 Å². The van der Waals surface area contributed by atoms with Crippen LogP contribution in [0.3, 0.4) is 0 Å². The van der Waals surface area contributed by atoms with Crippen molar-refractivity contribution in [3.8, 4) is 22.6 Å². The fourth-order valence-corrected chi connectivity index (χ4v) is 5.84. The number of aromatic nitrogens is 1. The molecule has 2 N–H and O–H groups in total. The lowest BCUT2D eigenvalue weighted by Gasteiger charge is -2.06. The summed E-state index contributed by atoms with van der Waals surface area (Å²) in [7, 11) is 0. The van der Waals surface area contributed by atoms with Crippen LogP contribution >= 0.6 is 0 Å². The van der Waals surface area contributed by atoms with Crippen LogP contribution in [-0.2, 0) is 27.2 Å². The first kappa shape index (κ1) is 33.1. The first-order chi connectivity index (χ1) is 22.6. The van der Waals surface area contributed by atoms with E-state index in [9.17, 15) is 18.5 Å². The van der Waals surface area contributed by atoms with E-state index in [1.54, 1.807) is 24.5 Å². The Morgan fingerprint density at radius 3 is 2.11 bits per heavy atom. The Bertz CT molecular complexity index is 1890. The second-order valence-corrected chi connectivity index (χ2v) is 12.2. The van der Waals surface area contributed by atoms with E-state index in [0.29, 0.717) is 22.8 Å². The highest BCUT2D eigenvalue weighted by atomic mass is 32.2. The Morgan fingerprint density at radius 2 is 1.51 bits per heavy atom. The molecule has 0 amide bonds. The van der Waals surface area contributed by atoms with Gasteiger partial charge < -0.3 is 19.2 Å². The van der Waals surface area contributed by atoms with Gasteiger partial charge in [-0.3, -0.25) is 9.59 Å². The summed E-state index contributed by atoms with van der Waals surface area (Å²) < 4.78 is 31.0. The Morgan fingerprint density at radius 1 is 0.872 bits per heavy atom. The topological polar surface area (TPSA) is 124 Å². The Kier molecular flexibility index (Phi) is 10.5. The van der Waals surface area contributed by atoms with Crippen LogP contribution in [0.25, 0.3) is 39.8 Å². The third-order valence-electron chi connectivity index (χ3n) is 7.61. The first-order valence-corrected chi connectivity index (χ1v) is 16.4. The van der Waals surface area contributed by atoms with Gasteiger partial charge in [-0.1, -0.05) is 66.7 Å². The summed E-state index contributed by atoms with van der Waals surface area (Å²) in [4.78, 5) is 27.2. The lowest BCUT2D eigenvalue weighted by Crippen LogP contribution is -1.97. The van der Waals surface area contributed by atoms with Gasteiger partial charge in [0.05, 0.1) is 12.8 Å². The smallest absolute Gasteiger partial charge is 0.307 e. The van der Waals surface area contributed by atoms with Crippen LogP contribution < -0.4 is 0 Å². The standard InChI is InChI=1S/C20H17FO3S.C18H15NO3/c1-12-17(9-13-3-6-15(7-4-13)25(2)24)16-8-5-14(21)10-19(16)18(12)11-20(22)23;20-16(21)12-11-15-19-17(13-7-3-1-4-8-13)18(22-15)14-9-5-2-6-10-14/h3-10H,11H2,1-2H3,(H,22,23);1-10H,11-12H2,(H,20,21)/b17-9-;. The summed E-state index contributed by atoms with van der Waals surface area (Å²) in [6, 6.07) is 31.3. The molecule has 1 heterocycles. The normalized spacial score (nSPS) is 13.6. The molecular formula is C38H32FNO6S. The van der Waals surface area contributed by atoms with Gasteiger partial charge in [0.1, 0.15) is 17.8 Å². The van der Waals surface area contributed by atoms with Gasteiger partial charge in [-0.2, -0.15) is 0 Å². The fraction of sp³-hybridized carbons (Fsp3) is 0.132. The van der Waals surface area contributed by atoms with Gasteiger partial charge in [0.15, 0.2) is 16.5 Å². The first-order valence-electron chi connectivity index (χ1n) is 14.8. The molecule has 1 aliphatic rings. The van der Waals surface area contributed by atoms with E-state index in [-0.39, 0.29) is 25.1 Å². The second-order valence-electron chi connectivity index (χ2n) is 10.9. The van der Waals surface area contributed by atoms with Crippen molar-refractivity contribution in [2.45, 2.75) is 31.1 Å². The molecule has 1 aliphatic carbocycles. The van der Waals surface area contributed by atoms with Crippen LogP contribution in [-0.4, -0.2) is 37.9 Å². The molecule has 0 radical (unpaired) electrons. The van der Waals surface area contributed by atoms with Gasteiger partial charge in [-0.25, -0.2) is 9.37 Å². The van der Waals surface area contributed by atoms with Crippen molar-refractivity contribution < 1.29 is 33.2 Å². The van der Waals surface area contributed by atoms with Gasteiger partial charge >= 0.3 is 11.9 Å². The van der Waals surface area contributed by atoms with E-state index >= 15 is 0 Å². The molecule has 238 valence electrons. The monoisotopic (exact) mass is 649 g/mol. The molecule has 9 heteroatoms. The van der Waals surface area contributed by atoms with Crippen molar-refractivity contribution in [2.24, 2.45) is 0 Å². The van der Waals surface area contributed by atoms with Crippen LogP contribution in [0.15, 0.2) is 118 Å². The number of allylic oxidation sites excluding steroid dienone is 2. The number of halogens is 1. The fourth-order valence-electron chi connectivity index (χ4n) is 5.32. The number of aryl methyl sites for hydroxylation is 1. The molecule has 47 heavy (non-hydrogen) atoms. The lowest BCUT2D eigenvalue weighted by atomic mass is 10.0. The zero-order valence-corrected chi connectivity index (χ0v) is 26.6. The summed E-state index contributed by atoms with van der Waals surface area (Å²) in [5.41, 5.74) is 7.36. The maximum Gasteiger partial charge on any atom is 0.307 e. The van der Waals surface area contributed by atoms with Crippen LogP contribution in [0.1, 0.15) is 42.3 Å². The molecule has 1 atom stereocenters. The highest BCUT2D eigenvalue weighted by Crippen LogP contribution is 2.44. The minimum atomic E-state index is -1.04. The highest BCUT2D eigenvalue weighted by molar-refractivity contribution is 7.90. The third-order valence-corrected chi connectivity index (χ3v) is 8.55. The summed E-state index contributed by atoms with van der Waals surface area (Å²) >= 11 is -1.04. The van der Waals surface area contributed by atoms with Crippen LogP contribution in [0, 0.1) is 5.82 Å². The summed E-state index contributed by atoms with van der Waals surface area (Å²) in [5.74, 6) is -1.07. The zero-order chi connectivity index (χ0) is 33.5. The predicted octanol–water partition coefficient (Wildman–Crippen LogP) is 8.39. The summed E-state index contributed by atoms with van der Waals surface area (Å²) in [6.07, 6.45) is 3.71. The van der Waals surface area contributed by atoms with Crippen LogP contribution in [0.5, 0.6) is 0 Å². The molecule has 1 unspecified atom stereocenters. The summed E-state index contributed by atoms with van der Waals surface area (Å²) in [5, 5.41) is 18.0. The van der Waals surface area contributed by atoms with Gasteiger partial charge in [0, 0.05) is 17.5 Å². The molecule has 0 saturated carbocycles. The number of aliphatic carboxylic acids is 2. The number of carboxylic acid groups (broad SMARTS) is 2. The number of fused-ring (bicyclic) bond motifs is 1. The van der Waals surface area contributed by atoms with Crippen molar-refractivity contribution in [1.29, 1.82) is 0 Å². The minimum absolute atomic E-state index is 0.00295. The molecule has 0 saturated heterocycles. The van der Waals surface area contributed by atoms with E-state index in [4.69, 9.17) is 14.6 Å². The van der Waals surface area contributed by atoms with E-state index in [1.807, 2.05) is 85.8 Å². The largest absolute Gasteiger partial charge is 0.612 e. The zero-order valence-electron chi connectivity index (χ0n) is 25.8. The molecule has 0 bridgehead atoms. The predicted molar refractivity (Wildman–Crippen MR) is 181 cm³/mol. The lowest BCUT2D eigenvalue weighted by molar-refractivity contribution is -0.137. The van der Waals surface area contributed by atoms with Gasteiger partial charge in [-0.05, 0) is 94.0 Å². The average molecular weight is 650 g/mol. The van der Waals surface area contributed by atoms with Gasteiger partial charge in [0.2, 0.25) is 0 Å². The van der Waals surface area contributed by atoms with Crippen LogP contribution in [0.2, 0.25) is 0 Å². The number of hydrogen-bond acceptors (Lipinski definition) is 5. The number of nitrogens with zero attached hydrogens (tertiary/aromatic N) is 1. The Hall–Kier alpha value is -5.25. The minimum Gasteiger partial charge on any atom is -0.612 e. The molecule has 4 aromatic carbocycles. The summed E-state index contributed by atoms with van der Waals surface area (Å²) in [6.45, 7) is 1.86.